The molecule has 0 aliphatic carbocycles. The summed E-state index contributed by atoms with van der Waals surface area (Å²) in [5.74, 6) is 1.18. The van der Waals surface area contributed by atoms with Crippen LogP contribution in [0.15, 0.2) is 41.1 Å². The average Bonchev–Trinajstić information content (AvgIpc) is 3.15. The zero-order chi connectivity index (χ0) is 17.6. The van der Waals surface area contributed by atoms with Gasteiger partial charge in [0.1, 0.15) is 0 Å². The molecule has 1 aliphatic rings. The monoisotopic (exact) mass is 376 g/mol. The van der Waals surface area contributed by atoms with Crippen LogP contribution in [0.3, 0.4) is 0 Å². The molecule has 3 nitrogen and oxygen atoms in total. The number of nitrogens with one attached hydrogen (secondary N) is 2. The maximum Gasteiger partial charge on any atom is 0.221 e. The Balaban J connectivity index is 1.67. The van der Waals surface area contributed by atoms with Crippen LogP contribution in [0.5, 0.6) is 0 Å². The van der Waals surface area contributed by atoms with Crippen molar-refractivity contribution in [3.63, 3.8) is 0 Å². The number of hydrogen-bond donors (Lipinski definition) is 2. The summed E-state index contributed by atoms with van der Waals surface area (Å²) in [7, 11) is 0. The molecular weight excluding hydrogens is 352 g/mol. The Morgan fingerprint density at radius 2 is 1.96 bits per heavy atom. The highest BCUT2D eigenvalue weighted by molar-refractivity contribution is 7.08. The number of piperidine rings is 1. The zero-order valence-electron chi connectivity index (χ0n) is 14.5. The molecule has 2 aromatic rings. The topological polar surface area (TPSA) is 41.1 Å². The molecule has 1 aromatic carbocycles. The van der Waals surface area contributed by atoms with Gasteiger partial charge in [-0.25, -0.2) is 0 Å². The molecule has 2 atom stereocenters. The molecule has 5 heteroatoms. The summed E-state index contributed by atoms with van der Waals surface area (Å²) in [6, 6.07) is 9.68. The quantitative estimate of drug-likeness (QED) is 0.771. The molecule has 2 heterocycles. The van der Waals surface area contributed by atoms with Crippen molar-refractivity contribution in [2.24, 2.45) is 11.8 Å². The van der Waals surface area contributed by atoms with Gasteiger partial charge in [0.25, 0.3) is 0 Å². The molecule has 1 aliphatic heterocycles. The van der Waals surface area contributed by atoms with Crippen molar-refractivity contribution in [3.8, 4) is 0 Å². The molecule has 0 spiro atoms. The van der Waals surface area contributed by atoms with E-state index in [1.807, 2.05) is 29.6 Å². The molecule has 1 aromatic heterocycles. The van der Waals surface area contributed by atoms with Crippen molar-refractivity contribution in [3.05, 3.63) is 57.2 Å². The summed E-state index contributed by atoms with van der Waals surface area (Å²) in [5.41, 5.74) is 2.18. The maximum absolute atomic E-state index is 12.7. The lowest BCUT2D eigenvalue weighted by Crippen LogP contribution is -2.34. The van der Waals surface area contributed by atoms with Gasteiger partial charge >= 0.3 is 0 Å². The Morgan fingerprint density at radius 1 is 1.24 bits per heavy atom. The van der Waals surface area contributed by atoms with E-state index in [1.165, 1.54) is 12.8 Å². The van der Waals surface area contributed by atoms with Gasteiger partial charge in [0.05, 0.1) is 6.04 Å². The van der Waals surface area contributed by atoms with Gasteiger partial charge in [-0.1, -0.05) is 30.7 Å². The second kappa shape index (κ2) is 8.84. The van der Waals surface area contributed by atoms with Gasteiger partial charge in [0.2, 0.25) is 5.91 Å². The number of rotatable bonds is 6. The van der Waals surface area contributed by atoms with E-state index >= 15 is 0 Å². The number of hydrogen-bond acceptors (Lipinski definition) is 3. The fraction of sp³-hybridized carbons (Fsp3) is 0.450. The Bertz CT molecular complexity index is 666. The van der Waals surface area contributed by atoms with Crippen LogP contribution < -0.4 is 10.6 Å². The predicted octanol–water partition coefficient (Wildman–Crippen LogP) is 4.63. The third kappa shape index (κ3) is 5.06. The predicted molar refractivity (Wildman–Crippen MR) is 105 cm³/mol. The van der Waals surface area contributed by atoms with E-state index in [-0.39, 0.29) is 11.9 Å². The minimum atomic E-state index is -0.115. The number of thiophene rings is 1. The first-order chi connectivity index (χ1) is 12.1. The lowest BCUT2D eigenvalue weighted by molar-refractivity contribution is -0.122. The fourth-order valence-corrected chi connectivity index (χ4v) is 4.36. The summed E-state index contributed by atoms with van der Waals surface area (Å²) in [6.07, 6.45) is 2.91. The lowest BCUT2D eigenvalue weighted by atomic mass is 9.84. The van der Waals surface area contributed by atoms with Gasteiger partial charge < -0.3 is 10.6 Å². The molecule has 2 unspecified atom stereocenters. The third-order valence-corrected chi connectivity index (χ3v) is 6.03. The van der Waals surface area contributed by atoms with E-state index in [4.69, 9.17) is 11.6 Å². The maximum atomic E-state index is 12.7. The highest BCUT2D eigenvalue weighted by Crippen LogP contribution is 2.27. The molecule has 0 saturated carbocycles. The highest BCUT2D eigenvalue weighted by atomic mass is 35.5. The highest BCUT2D eigenvalue weighted by Gasteiger charge is 2.24. The summed E-state index contributed by atoms with van der Waals surface area (Å²) in [4.78, 5) is 12.7. The number of carbonyl (C=O) groups is 1. The molecule has 1 fully saturated rings. The van der Waals surface area contributed by atoms with E-state index in [9.17, 15) is 4.79 Å². The molecule has 3 rings (SSSR count). The second-order valence-corrected chi connectivity index (χ2v) is 8.09. The Hall–Kier alpha value is -1.36. The van der Waals surface area contributed by atoms with Crippen LogP contribution in [-0.2, 0) is 4.79 Å². The standard InChI is InChI=1S/C20H25ClN2OS/c1-14(15-6-9-22-10-7-15)12-19(24)23-20(17-8-11-25-13-17)16-2-4-18(21)5-3-16/h2-5,8,11,13-15,20,22H,6-7,9-10,12H2,1H3,(H,23,24). The van der Waals surface area contributed by atoms with Crippen molar-refractivity contribution < 1.29 is 4.79 Å². The lowest BCUT2D eigenvalue weighted by Gasteiger charge is -2.28. The van der Waals surface area contributed by atoms with Gasteiger partial charge in [-0.2, -0.15) is 11.3 Å². The van der Waals surface area contributed by atoms with E-state index in [0.717, 1.165) is 24.2 Å². The van der Waals surface area contributed by atoms with Crippen LogP contribution in [0, 0.1) is 11.8 Å². The number of amides is 1. The number of halogens is 1. The van der Waals surface area contributed by atoms with E-state index in [2.05, 4.69) is 29.0 Å². The van der Waals surface area contributed by atoms with Gasteiger partial charge in [-0.15, -0.1) is 0 Å². The molecule has 0 bridgehead atoms. The fourth-order valence-electron chi connectivity index (χ4n) is 3.55. The van der Waals surface area contributed by atoms with Crippen molar-refractivity contribution in [1.29, 1.82) is 0 Å². The molecule has 1 amide bonds. The van der Waals surface area contributed by atoms with Crippen LogP contribution in [0.4, 0.5) is 0 Å². The van der Waals surface area contributed by atoms with E-state index in [0.29, 0.717) is 23.3 Å². The minimum absolute atomic E-state index is 0.115. The minimum Gasteiger partial charge on any atom is -0.345 e. The first kappa shape index (κ1) is 18.4. The van der Waals surface area contributed by atoms with Crippen LogP contribution >= 0.6 is 22.9 Å². The van der Waals surface area contributed by atoms with Crippen LogP contribution in [0.2, 0.25) is 5.02 Å². The Morgan fingerprint density at radius 3 is 2.60 bits per heavy atom. The smallest absolute Gasteiger partial charge is 0.221 e. The third-order valence-electron chi connectivity index (χ3n) is 5.08. The zero-order valence-corrected chi connectivity index (χ0v) is 16.1. The first-order valence-corrected chi connectivity index (χ1v) is 10.2. The molecular formula is C20H25ClN2OS. The second-order valence-electron chi connectivity index (χ2n) is 6.88. The van der Waals surface area contributed by atoms with Crippen LogP contribution in [0.25, 0.3) is 0 Å². The number of carbonyl (C=O) groups excluding carboxylic acids is 1. The molecule has 2 N–H and O–H groups in total. The molecule has 1 saturated heterocycles. The van der Waals surface area contributed by atoms with Crippen LogP contribution in [-0.4, -0.2) is 19.0 Å². The summed E-state index contributed by atoms with van der Waals surface area (Å²) >= 11 is 7.66. The molecule has 0 radical (unpaired) electrons. The van der Waals surface area contributed by atoms with Crippen molar-refractivity contribution in [2.45, 2.75) is 32.2 Å². The van der Waals surface area contributed by atoms with E-state index in [1.54, 1.807) is 11.3 Å². The molecule has 25 heavy (non-hydrogen) atoms. The van der Waals surface area contributed by atoms with Gasteiger partial charge in [0.15, 0.2) is 0 Å². The van der Waals surface area contributed by atoms with Crippen molar-refractivity contribution in [1.82, 2.24) is 10.6 Å². The number of benzene rings is 1. The van der Waals surface area contributed by atoms with Gasteiger partial charge in [-0.05, 0) is 77.9 Å². The van der Waals surface area contributed by atoms with Crippen molar-refractivity contribution in [2.75, 3.05) is 13.1 Å². The summed E-state index contributed by atoms with van der Waals surface area (Å²) in [6.45, 7) is 4.34. The molecule has 134 valence electrons. The normalized spacial score (nSPS) is 17.8. The van der Waals surface area contributed by atoms with E-state index < -0.39 is 0 Å². The Kier molecular flexibility index (Phi) is 6.51. The largest absolute Gasteiger partial charge is 0.345 e. The summed E-state index contributed by atoms with van der Waals surface area (Å²) < 4.78 is 0. The first-order valence-electron chi connectivity index (χ1n) is 8.91. The SMILES string of the molecule is CC(CC(=O)NC(c1ccc(Cl)cc1)c1ccsc1)C1CCNCC1. The summed E-state index contributed by atoms with van der Waals surface area (Å²) in [5, 5.41) is 11.5. The van der Waals surface area contributed by atoms with Crippen LogP contribution in [0.1, 0.15) is 43.4 Å². The Labute approximate surface area is 158 Å². The van der Waals surface area contributed by atoms with Gasteiger partial charge in [-0.3, -0.25) is 4.79 Å². The van der Waals surface area contributed by atoms with Crippen molar-refractivity contribution >= 4 is 28.8 Å². The van der Waals surface area contributed by atoms with Gasteiger partial charge in [0, 0.05) is 11.4 Å². The average molecular weight is 377 g/mol.